The number of halogens is 1. The summed E-state index contributed by atoms with van der Waals surface area (Å²) < 4.78 is 13.4. The minimum absolute atomic E-state index is 0.104. The number of carbonyl (C=O) groups excluding carboxylic acids is 1. The van der Waals surface area contributed by atoms with Crippen molar-refractivity contribution in [1.29, 1.82) is 0 Å². The lowest BCUT2D eigenvalue weighted by Gasteiger charge is -2.06. The molecule has 0 unspecified atom stereocenters. The average molecular weight is 335 g/mol. The Kier molecular flexibility index (Phi) is 6.34. The molecule has 0 aliphatic carbocycles. The number of carbonyl (C=O) groups is 1. The van der Waals surface area contributed by atoms with Gasteiger partial charge in [-0.05, 0) is 12.5 Å². The molecule has 2 rings (SSSR count). The highest BCUT2D eigenvalue weighted by Crippen LogP contribution is 2.12. The van der Waals surface area contributed by atoms with Gasteiger partial charge in [0.25, 0.3) is 5.56 Å². The van der Waals surface area contributed by atoms with Gasteiger partial charge in [-0.2, -0.15) is 0 Å². The van der Waals surface area contributed by atoms with Crippen LogP contribution in [0.3, 0.4) is 0 Å². The summed E-state index contributed by atoms with van der Waals surface area (Å²) in [5.74, 6) is -0.493. The molecular formula is C16H18FN3O2S. The summed E-state index contributed by atoms with van der Waals surface area (Å²) >= 11 is 1.15. The molecule has 0 spiro atoms. The molecule has 122 valence electrons. The van der Waals surface area contributed by atoms with Gasteiger partial charge in [0.15, 0.2) is 5.16 Å². The predicted octanol–water partition coefficient (Wildman–Crippen LogP) is 2.27. The molecule has 0 saturated carbocycles. The summed E-state index contributed by atoms with van der Waals surface area (Å²) in [6.07, 6.45) is 1.61. The lowest BCUT2D eigenvalue weighted by Crippen LogP contribution is -2.25. The van der Waals surface area contributed by atoms with E-state index in [2.05, 4.69) is 15.3 Å². The summed E-state index contributed by atoms with van der Waals surface area (Å²) in [5, 5.41) is 3.06. The third kappa shape index (κ3) is 5.52. The van der Waals surface area contributed by atoms with Gasteiger partial charge >= 0.3 is 0 Å². The highest BCUT2D eigenvalue weighted by atomic mass is 32.2. The summed E-state index contributed by atoms with van der Waals surface area (Å²) in [4.78, 5) is 30.2. The number of aromatic nitrogens is 2. The van der Waals surface area contributed by atoms with Gasteiger partial charge in [0.1, 0.15) is 5.82 Å². The maximum absolute atomic E-state index is 13.4. The topological polar surface area (TPSA) is 74.8 Å². The summed E-state index contributed by atoms with van der Waals surface area (Å²) in [5.41, 5.74) is 0.922. The van der Waals surface area contributed by atoms with Gasteiger partial charge in [0.2, 0.25) is 5.91 Å². The first-order valence-electron chi connectivity index (χ1n) is 7.31. The zero-order valence-electron chi connectivity index (χ0n) is 12.8. The summed E-state index contributed by atoms with van der Waals surface area (Å²) in [6.45, 7) is 2.14. The Labute approximate surface area is 137 Å². The maximum Gasteiger partial charge on any atom is 0.251 e. The lowest BCUT2D eigenvalue weighted by molar-refractivity contribution is -0.118. The third-order valence-corrected chi connectivity index (χ3v) is 3.93. The Bertz CT molecular complexity index is 733. The molecule has 2 aromatic rings. The number of rotatable bonds is 7. The van der Waals surface area contributed by atoms with Crippen molar-refractivity contribution < 1.29 is 9.18 Å². The zero-order chi connectivity index (χ0) is 16.7. The molecule has 1 amide bonds. The second-order valence-corrected chi connectivity index (χ2v) is 5.91. The number of nitrogens with one attached hydrogen (secondary N) is 2. The molecule has 2 N–H and O–H groups in total. The Hall–Kier alpha value is -2.15. The molecule has 1 heterocycles. The largest absolute Gasteiger partial charge is 0.351 e. The minimum atomic E-state index is -0.348. The second-order valence-electron chi connectivity index (χ2n) is 4.95. The standard InChI is InChI=1S/C16H18FN3O2S/c1-2-5-12-8-14(21)20-16(19-12)23-10-15(22)18-9-11-6-3-4-7-13(11)17/h3-4,6-8H,2,5,9-10H2,1H3,(H,18,22)(H,19,20,21). The SMILES string of the molecule is CCCc1cc(=O)[nH]c(SCC(=O)NCc2ccccc2F)n1. The van der Waals surface area contributed by atoms with Crippen molar-refractivity contribution in [2.75, 3.05) is 5.75 Å². The number of aryl methyl sites for hydroxylation is 1. The van der Waals surface area contributed by atoms with E-state index in [1.165, 1.54) is 12.1 Å². The van der Waals surface area contributed by atoms with Gasteiger partial charge in [0, 0.05) is 23.9 Å². The normalized spacial score (nSPS) is 10.5. The summed E-state index contributed by atoms with van der Waals surface area (Å²) in [7, 11) is 0. The first kappa shape index (κ1) is 17.2. The van der Waals surface area contributed by atoms with E-state index in [1.54, 1.807) is 18.2 Å². The van der Waals surface area contributed by atoms with Crippen molar-refractivity contribution in [3.63, 3.8) is 0 Å². The van der Waals surface area contributed by atoms with Gasteiger partial charge in [-0.25, -0.2) is 9.37 Å². The van der Waals surface area contributed by atoms with Crippen LogP contribution in [0.2, 0.25) is 0 Å². The molecular weight excluding hydrogens is 317 g/mol. The fourth-order valence-electron chi connectivity index (χ4n) is 1.96. The second kappa shape index (κ2) is 8.47. The van der Waals surface area contributed by atoms with Crippen LogP contribution in [0.15, 0.2) is 40.3 Å². The number of aromatic amines is 1. The van der Waals surface area contributed by atoms with E-state index < -0.39 is 0 Å². The first-order chi connectivity index (χ1) is 11.1. The number of hydrogen-bond acceptors (Lipinski definition) is 4. The van der Waals surface area contributed by atoms with Crippen LogP contribution in [-0.4, -0.2) is 21.6 Å². The number of hydrogen-bond donors (Lipinski definition) is 2. The van der Waals surface area contributed by atoms with E-state index in [9.17, 15) is 14.0 Å². The molecule has 5 nitrogen and oxygen atoms in total. The van der Waals surface area contributed by atoms with E-state index in [4.69, 9.17) is 0 Å². The minimum Gasteiger partial charge on any atom is -0.351 e. The smallest absolute Gasteiger partial charge is 0.251 e. The maximum atomic E-state index is 13.4. The van der Waals surface area contributed by atoms with Gasteiger partial charge < -0.3 is 10.3 Å². The van der Waals surface area contributed by atoms with Crippen LogP contribution in [0.1, 0.15) is 24.6 Å². The Balaban J connectivity index is 1.87. The Morgan fingerprint density at radius 3 is 2.91 bits per heavy atom. The van der Waals surface area contributed by atoms with Crippen LogP contribution < -0.4 is 10.9 Å². The van der Waals surface area contributed by atoms with Crippen LogP contribution in [0, 0.1) is 5.82 Å². The summed E-state index contributed by atoms with van der Waals surface area (Å²) in [6, 6.07) is 7.75. The average Bonchev–Trinajstić information content (AvgIpc) is 2.52. The molecule has 0 aliphatic rings. The molecule has 0 saturated heterocycles. The van der Waals surface area contributed by atoms with Gasteiger partial charge in [-0.1, -0.05) is 43.3 Å². The molecule has 0 aliphatic heterocycles. The van der Waals surface area contributed by atoms with Crippen molar-refractivity contribution in [1.82, 2.24) is 15.3 Å². The van der Waals surface area contributed by atoms with Crippen molar-refractivity contribution in [3.8, 4) is 0 Å². The molecule has 0 fully saturated rings. The molecule has 1 aromatic carbocycles. The first-order valence-corrected chi connectivity index (χ1v) is 8.30. The fraction of sp³-hybridized carbons (Fsp3) is 0.312. The highest BCUT2D eigenvalue weighted by Gasteiger charge is 2.07. The van der Waals surface area contributed by atoms with Gasteiger partial charge in [0.05, 0.1) is 5.75 Å². The Morgan fingerprint density at radius 1 is 1.39 bits per heavy atom. The van der Waals surface area contributed by atoms with E-state index in [1.807, 2.05) is 6.92 Å². The van der Waals surface area contributed by atoms with Crippen LogP contribution >= 0.6 is 11.8 Å². The van der Waals surface area contributed by atoms with E-state index in [0.717, 1.165) is 24.6 Å². The Morgan fingerprint density at radius 2 is 2.17 bits per heavy atom. The van der Waals surface area contributed by atoms with Crippen LogP contribution in [-0.2, 0) is 17.8 Å². The van der Waals surface area contributed by atoms with Crippen molar-refractivity contribution in [2.45, 2.75) is 31.5 Å². The predicted molar refractivity (Wildman–Crippen MR) is 87.8 cm³/mol. The molecule has 23 heavy (non-hydrogen) atoms. The molecule has 0 radical (unpaired) electrons. The lowest BCUT2D eigenvalue weighted by atomic mass is 10.2. The van der Waals surface area contributed by atoms with Gasteiger partial charge in [-0.3, -0.25) is 9.59 Å². The molecule has 7 heteroatoms. The van der Waals surface area contributed by atoms with E-state index >= 15 is 0 Å². The monoisotopic (exact) mass is 335 g/mol. The quantitative estimate of drug-likeness (QED) is 0.601. The zero-order valence-corrected chi connectivity index (χ0v) is 13.6. The molecule has 0 bridgehead atoms. The number of nitrogens with zero attached hydrogens (tertiary/aromatic N) is 1. The van der Waals surface area contributed by atoms with Crippen LogP contribution in [0.25, 0.3) is 0 Å². The van der Waals surface area contributed by atoms with Crippen molar-refractivity contribution in [3.05, 3.63) is 57.8 Å². The molecule has 0 atom stereocenters. The van der Waals surface area contributed by atoms with Crippen molar-refractivity contribution in [2.24, 2.45) is 0 Å². The number of amides is 1. The molecule has 1 aromatic heterocycles. The number of thioether (sulfide) groups is 1. The number of benzene rings is 1. The van der Waals surface area contributed by atoms with E-state index in [0.29, 0.717) is 16.4 Å². The van der Waals surface area contributed by atoms with Crippen LogP contribution in [0.4, 0.5) is 4.39 Å². The van der Waals surface area contributed by atoms with E-state index in [-0.39, 0.29) is 29.6 Å². The van der Waals surface area contributed by atoms with Gasteiger partial charge in [-0.15, -0.1) is 0 Å². The highest BCUT2D eigenvalue weighted by molar-refractivity contribution is 7.99. The van der Waals surface area contributed by atoms with Crippen molar-refractivity contribution >= 4 is 17.7 Å². The fourth-order valence-corrected chi connectivity index (χ4v) is 2.68. The number of H-pyrrole nitrogens is 1. The van der Waals surface area contributed by atoms with Crippen LogP contribution in [0.5, 0.6) is 0 Å². The third-order valence-electron chi connectivity index (χ3n) is 3.05.